The molecule has 10 heteroatoms. The molecule has 0 saturated carbocycles. The summed E-state index contributed by atoms with van der Waals surface area (Å²) in [4.78, 5) is 18.8. The fourth-order valence-electron chi connectivity index (χ4n) is 4.82. The molecule has 36 heavy (non-hydrogen) atoms. The van der Waals surface area contributed by atoms with Crippen LogP contribution < -0.4 is 9.64 Å². The minimum Gasteiger partial charge on any atom is -0.497 e. The summed E-state index contributed by atoms with van der Waals surface area (Å²) in [6, 6.07) is 10.1. The van der Waals surface area contributed by atoms with Crippen molar-refractivity contribution in [3.8, 4) is 39.1 Å². The maximum Gasteiger partial charge on any atom is 0.199 e. The highest BCUT2D eigenvalue weighted by atomic mass is 32.1. The van der Waals surface area contributed by atoms with E-state index in [0.29, 0.717) is 5.82 Å². The van der Waals surface area contributed by atoms with Gasteiger partial charge in [0.2, 0.25) is 0 Å². The molecule has 4 aromatic heterocycles. The van der Waals surface area contributed by atoms with E-state index >= 15 is 0 Å². The van der Waals surface area contributed by atoms with Crippen LogP contribution in [0.3, 0.4) is 0 Å². The summed E-state index contributed by atoms with van der Waals surface area (Å²) >= 11 is 1.62. The van der Waals surface area contributed by atoms with Gasteiger partial charge < -0.3 is 19.3 Å². The number of methoxy groups -OCH3 is 1. The van der Waals surface area contributed by atoms with Crippen LogP contribution in [0.5, 0.6) is 5.75 Å². The highest BCUT2D eigenvalue weighted by Gasteiger charge is 2.30. The summed E-state index contributed by atoms with van der Waals surface area (Å²) in [6.07, 6.45) is 6.54. The van der Waals surface area contributed by atoms with E-state index in [1.807, 2.05) is 53.9 Å². The molecule has 1 fully saturated rings. The minimum atomic E-state index is 0.172. The van der Waals surface area contributed by atoms with Crippen LogP contribution in [0.15, 0.2) is 48.9 Å². The quantitative estimate of drug-likeness (QED) is 0.376. The Kier molecular flexibility index (Phi) is 5.69. The van der Waals surface area contributed by atoms with Gasteiger partial charge in [-0.15, -0.1) is 11.3 Å². The van der Waals surface area contributed by atoms with Crippen molar-refractivity contribution < 1.29 is 9.84 Å². The van der Waals surface area contributed by atoms with Crippen molar-refractivity contribution in [2.45, 2.75) is 6.42 Å². The minimum absolute atomic E-state index is 0.172. The number of thiophene rings is 1. The van der Waals surface area contributed by atoms with E-state index in [4.69, 9.17) is 19.8 Å². The monoisotopic (exact) mass is 501 g/mol. The molecule has 1 atom stereocenters. The molecule has 1 unspecified atom stereocenters. The van der Waals surface area contributed by atoms with E-state index in [-0.39, 0.29) is 12.5 Å². The molecular formula is C26H27N7O2S. The summed E-state index contributed by atoms with van der Waals surface area (Å²) in [5.41, 5.74) is 3.01. The first-order chi connectivity index (χ1) is 17.6. The average Bonchev–Trinajstić information content (AvgIpc) is 3.69. The highest BCUT2D eigenvalue weighted by molar-refractivity contribution is 7.22. The van der Waals surface area contributed by atoms with Crippen LogP contribution in [0, 0.1) is 5.92 Å². The van der Waals surface area contributed by atoms with Gasteiger partial charge >= 0.3 is 0 Å². The fraction of sp³-hybridized carbons (Fsp3) is 0.308. The zero-order valence-electron chi connectivity index (χ0n) is 20.4. The molecule has 0 aliphatic carbocycles. The molecular weight excluding hydrogens is 474 g/mol. The first-order valence-corrected chi connectivity index (χ1v) is 12.7. The summed E-state index contributed by atoms with van der Waals surface area (Å²) in [5.74, 6) is 3.21. The van der Waals surface area contributed by atoms with Crippen LogP contribution in [0.2, 0.25) is 0 Å². The molecule has 5 aromatic rings. The van der Waals surface area contributed by atoms with Gasteiger partial charge in [-0.2, -0.15) is 5.10 Å². The third-order valence-electron chi connectivity index (χ3n) is 6.72. The Morgan fingerprint density at radius 2 is 1.94 bits per heavy atom. The zero-order valence-corrected chi connectivity index (χ0v) is 21.2. The Morgan fingerprint density at radius 3 is 2.58 bits per heavy atom. The second-order valence-electron chi connectivity index (χ2n) is 9.11. The molecule has 5 heterocycles. The number of aliphatic hydroxyl groups is 1. The Bertz CT molecular complexity index is 1540. The van der Waals surface area contributed by atoms with Crippen molar-refractivity contribution >= 4 is 27.4 Å². The van der Waals surface area contributed by atoms with Crippen LogP contribution in [0.25, 0.3) is 43.6 Å². The van der Waals surface area contributed by atoms with Gasteiger partial charge in [-0.3, -0.25) is 4.68 Å². The number of nitrogens with zero attached hydrogens (tertiary/aromatic N) is 7. The highest BCUT2D eigenvalue weighted by Crippen LogP contribution is 2.48. The molecule has 0 spiro atoms. The third kappa shape index (κ3) is 3.82. The molecule has 1 saturated heterocycles. The first-order valence-electron chi connectivity index (χ1n) is 11.9. The molecule has 1 aromatic carbocycles. The van der Waals surface area contributed by atoms with Crippen molar-refractivity contribution in [1.29, 1.82) is 0 Å². The first kappa shape index (κ1) is 22.7. The maximum atomic E-state index is 9.83. The largest absolute Gasteiger partial charge is 0.497 e. The number of benzene rings is 1. The summed E-state index contributed by atoms with van der Waals surface area (Å²) < 4.78 is 9.16. The second kappa shape index (κ2) is 9.03. The number of aryl methyl sites for hydroxylation is 2. The normalized spacial score (nSPS) is 15.8. The lowest BCUT2D eigenvalue weighted by atomic mass is 10.0. The lowest BCUT2D eigenvalue weighted by Crippen LogP contribution is -2.22. The van der Waals surface area contributed by atoms with Crippen molar-refractivity contribution in [3.05, 3.63) is 48.9 Å². The number of hydrogen-bond donors (Lipinski definition) is 1. The van der Waals surface area contributed by atoms with E-state index in [1.54, 1.807) is 24.6 Å². The molecule has 1 aliphatic rings. The van der Waals surface area contributed by atoms with Gasteiger partial charge in [0, 0.05) is 63.9 Å². The number of rotatable bonds is 6. The summed E-state index contributed by atoms with van der Waals surface area (Å²) in [6.45, 7) is 1.75. The Labute approximate surface area is 212 Å². The van der Waals surface area contributed by atoms with E-state index in [1.165, 1.54) is 0 Å². The molecule has 0 radical (unpaired) electrons. The molecule has 0 bridgehead atoms. The topological polar surface area (TPSA) is 94.1 Å². The van der Waals surface area contributed by atoms with Gasteiger partial charge in [0.25, 0.3) is 0 Å². The summed E-state index contributed by atoms with van der Waals surface area (Å²) in [7, 11) is 5.54. The van der Waals surface area contributed by atoms with Gasteiger partial charge in [-0.1, -0.05) is 12.1 Å². The van der Waals surface area contributed by atoms with Crippen LogP contribution in [-0.4, -0.2) is 61.2 Å². The van der Waals surface area contributed by atoms with E-state index < -0.39 is 0 Å². The van der Waals surface area contributed by atoms with Gasteiger partial charge in [0.1, 0.15) is 22.1 Å². The molecule has 184 valence electrons. The van der Waals surface area contributed by atoms with Crippen molar-refractivity contribution in [2.24, 2.45) is 20.0 Å². The number of hydrogen-bond acceptors (Lipinski definition) is 8. The van der Waals surface area contributed by atoms with Crippen molar-refractivity contribution in [3.63, 3.8) is 0 Å². The standard InChI is InChI=1S/C26H27N7O2S/c1-31-13-10-27-25(31)23-28-24(33-12-8-16(14-33)15-34)21-20(17-4-6-18(35-3)7-5-17)22(36-26(21)29-23)19-9-11-32(2)30-19/h4-7,9-11,13,16,34H,8,12,14-15H2,1-3H3. The zero-order chi connectivity index (χ0) is 24.8. The number of anilines is 1. The molecule has 0 amide bonds. The number of ether oxygens (including phenoxy) is 1. The van der Waals surface area contributed by atoms with Crippen molar-refractivity contribution in [1.82, 2.24) is 29.3 Å². The summed E-state index contributed by atoms with van der Waals surface area (Å²) in [5, 5.41) is 15.6. The van der Waals surface area contributed by atoms with E-state index in [9.17, 15) is 5.11 Å². The number of aromatic nitrogens is 6. The number of fused-ring (bicyclic) bond motifs is 1. The predicted molar refractivity (Wildman–Crippen MR) is 141 cm³/mol. The molecule has 9 nitrogen and oxygen atoms in total. The van der Waals surface area contributed by atoms with Gasteiger partial charge in [0.05, 0.1) is 17.4 Å². The molecule has 1 N–H and O–H groups in total. The third-order valence-corrected chi connectivity index (χ3v) is 7.83. The van der Waals surface area contributed by atoms with Crippen LogP contribution in [0.1, 0.15) is 6.42 Å². The maximum absolute atomic E-state index is 9.83. The van der Waals surface area contributed by atoms with Crippen LogP contribution in [-0.2, 0) is 14.1 Å². The van der Waals surface area contributed by atoms with Gasteiger partial charge in [-0.25, -0.2) is 15.0 Å². The molecule has 1 aliphatic heterocycles. The lowest BCUT2D eigenvalue weighted by molar-refractivity contribution is 0.238. The molecule has 6 rings (SSSR count). The second-order valence-corrected chi connectivity index (χ2v) is 10.1. The van der Waals surface area contributed by atoms with Crippen LogP contribution >= 0.6 is 11.3 Å². The number of aliphatic hydroxyl groups excluding tert-OH is 1. The van der Waals surface area contributed by atoms with Gasteiger partial charge in [0.15, 0.2) is 11.6 Å². The van der Waals surface area contributed by atoms with E-state index in [0.717, 1.165) is 68.8 Å². The van der Waals surface area contributed by atoms with Crippen molar-refractivity contribution in [2.75, 3.05) is 31.7 Å². The predicted octanol–water partition coefficient (Wildman–Crippen LogP) is 3.99. The Morgan fingerprint density at radius 1 is 1.11 bits per heavy atom. The Hall–Kier alpha value is -3.76. The lowest BCUT2D eigenvalue weighted by Gasteiger charge is -2.20. The van der Waals surface area contributed by atoms with E-state index in [2.05, 4.69) is 22.0 Å². The number of imidazole rings is 1. The Balaban J connectivity index is 1.65. The fourth-order valence-corrected chi connectivity index (χ4v) is 5.97. The van der Waals surface area contributed by atoms with Crippen LogP contribution in [0.4, 0.5) is 5.82 Å². The van der Waals surface area contributed by atoms with Gasteiger partial charge in [-0.05, 0) is 30.2 Å². The SMILES string of the molecule is COc1ccc(-c2c(-c3ccn(C)n3)sc3nc(-c4nccn4C)nc(N4CCC(CO)C4)c23)cc1. The smallest absolute Gasteiger partial charge is 0.199 e. The average molecular weight is 502 g/mol.